The van der Waals surface area contributed by atoms with Gasteiger partial charge in [-0.15, -0.1) is 0 Å². The van der Waals surface area contributed by atoms with E-state index in [0.29, 0.717) is 35.4 Å². The van der Waals surface area contributed by atoms with E-state index in [1.54, 1.807) is 24.1 Å². The number of methoxy groups -OCH3 is 1. The number of ether oxygens (including phenoxy) is 2. The highest BCUT2D eigenvalue weighted by atomic mass is 32.2. The molecule has 1 fully saturated rings. The molecule has 31 heavy (non-hydrogen) atoms. The number of para-hydroxylation sites is 2. The minimum atomic E-state index is -0.513. The van der Waals surface area contributed by atoms with Gasteiger partial charge in [-0.1, -0.05) is 30.8 Å². The standard InChI is InChI=1S/C23H27N3O4S/c1-4-14-30-17-12-10-16(11-13-17)24-21(27)15-20-22(28)26(5-2)23(31-20)25-18-8-6-7-9-19(18)29-3/h6-13,20H,4-5,14-15H2,1-3H3,(H,24,27). The van der Waals surface area contributed by atoms with Gasteiger partial charge in [0.2, 0.25) is 11.8 Å². The van der Waals surface area contributed by atoms with Gasteiger partial charge in [0.1, 0.15) is 22.4 Å². The van der Waals surface area contributed by atoms with Gasteiger partial charge < -0.3 is 14.8 Å². The summed E-state index contributed by atoms with van der Waals surface area (Å²) in [5, 5.41) is 2.91. The second-order valence-corrected chi connectivity index (χ2v) is 8.05. The van der Waals surface area contributed by atoms with Crippen LogP contribution in [0.15, 0.2) is 53.5 Å². The number of benzene rings is 2. The lowest BCUT2D eigenvalue weighted by molar-refractivity contribution is -0.128. The Hall–Kier alpha value is -3.00. The van der Waals surface area contributed by atoms with Crippen LogP contribution >= 0.6 is 11.8 Å². The Morgan fingerprint density at radius 1 is 1.16 bits per heavy atom. The predicted octanol–water partition coefficient (Wildman–Crippen LogP) is 4.46. The molecule has 1 heterocycles. The molecule has 0 spiro atoms. The number of aliphatic imine (C=N–C) groups is 1. The Balaban J connectivity index is 1.65. The molecular weight excluding hydrogens is 414 g/mol. The Morgan fingerprint density at radius 2 is 1.90 bits per heavy atom. The van der Waals surface area contributed by atoms with Crippen LogP contribution < -0.4 is 14.8 Å². The van der Waals surface area contributed by atoms with Crippen molar-refractivity contribution in [2.75, 3.05) is 25.6 Å². The highest BCUT2D eigenvalue weighted by Gasteiger charge is 2.38. The second kappa shape index (κ2) is 10.9. The number of rotatable bonds is 9. The van der Waals surface area contributed by atoms with Crippen molar-refractivity contribution >= 4 is 40.1 Å². The van der Waals surface area contributed by atoms with Crippen molar-refractivity contribution < 1.29 is 19.1 Å². The van der Waals surface area contributed by atoms with Crippen LogP contribution in [0.5, 0.6) is 11.5 Å². The van der Waals surface area contributed by atoms with E-state index >= 15 is 0 Å². The van der Waals surface area contributed by atoms with Gasteiger partial charge in [0.15, 0.2) is 5.17 Å². The SMILES string of the molecule is CCCOc1ccc(NC(=O)CC2SC(=Nc3ccccc3OC)N(CC)C2=O)cc1. The maximum absolute atomic E-state index is 12.8. The summed E-state index contributed by atoms with van der Waals surface area (Å²) in [6, 6.07) is 14.6. The van der Waals surface area contributed by atoms with Crippen LogP contribution in [0.1, 0.15) is 26.7 Å². The fourth-order valence-electron chi connectivity index (χ4n) is 3.08. The summed E-state index contributed by atoms with van der Waals surface area (Å²) in [6.45, 7) is 5.07. The first-order valence-corrected chi connectivity index (χ1v) is 11.2. The summed E-state index contributed by atoms with van der Waals surface area (Å²) in [7, 11) is 1.58. The number of hydrogen-bond acceptors (Lipinski definition) is 6. The third kappa shape index (κ3) is 5.79. The Kier molecular flexibility index (Phi) is 7.94. The molecule has 0 bridgehead atoms. The normalized spacial score (nSPS) is 17.1. The van der Waals surface area contributed by atoms with Crippen LogP contribution in [0.2, 0.25) is 0 Å². The molecule has 1 atom stereocenters. The maximum atomic E-state index is 12.8. The largest absolute Gasteiger partial charge is 0.494 e. The first kappa shape index (κ1) is 22.7. The van der Waals surface area contributed by atoms with Crippen LogP contribution in [0.25, 0.3) is 0 Å². The summed E-state index contributed by atoms with van der Waals surface area (Å²) in [6.07, 6.45) is 1.00. The highest BCUT2D eigenvalue weighted by molar-refractivity contribution is 8.15. The van der Waals surface area contributed by atoms with Gasteiger partial charge in [-0.05, 0) is 49.7 Å². The molecule has 2 aromatic rings. The minimum Gasteiger partial charge on any atom is -0.494 e. The molecule has 1 N–H and O–H groups in total. The number of hydrogen-bond donors (Lipinski definition) is 1. The number of amides is 2. The van der Waals surface area contributed by atoms with Crippen molar-refractivity contribution in [1.29, 1.82) is 0 Å². The smallest absolute Gasteiger partial charge is 0.242 e. The second-order valence-electron chi connectivity index (χ2n) is 6.88. The molecule has 3 rings (SSSR count). The van der Waals surface area contributed by atoms with Crippen molar-refractivity contribution in [3.8, 4) is 11.5 Å². The van der Waals surface area contributed by atoms with E-state index in [1.165, 1.54) is 11.8 Å². The lowest BCUT2D eigenvalue weighted by Gasteiger charge is -2.14. The lowest BCUT2D eigenvalue weighted by atomic mass is 10.2. The Bertz CT molecular complexity index is 946. The number of amidine groups is 1. The fourth-order valence-corrected chi connectivity index (χ4v) is 4.29. The molecule has 164 valence electrons. The monoisotopic (exact) mass is 441 g/mol. The van der Waals surface area contributed by atoms with E-state index in [1.807, 2.05) is 50.2 Å². The molecule has 1 aliphatic heterocycles. The Labute approximate surface area is 186 Å². The third-order valence-electron chi connectivity index (χ3n) is 4.62. The molecule has 0 radical (unpaired) electrons. The van der Waals surface area contributed by atoms with Gasteiger partial charge in [-0.2, -0.15) is 0 Å². The summed E-state index contributed by atoms with van der Waals surface area (Å²) in [4.78, 5) is 31.6. The topological polar surface area (TPSA) is 80.2 Å². The van der Waals surface area contributed by atoms with Gasteiger partial charge in [-0.25, -0.2) is 4.99 Å². The van der Waals surface area contributed by atoms with Gasteiger partial charge in [0.05, 0.1) is 13.7 Å². The summed E-state index contributed by atoms with van der Waals surface area (Å²) >= 11 is 1.31. The number of nitrogens with zero attached hydrogens (tertiary/aromatic N) is 2. The number of nitrogens with one attached hydrogen (secondary N) is 1. The molecule has 8 heteroatoms. The average molecular weight is 442 g/mol. The first-order valence-electron chi connectivity index (χ1n) is 10.3. The zero-order valence-corrected chi connectivity index (χ0v) is 18.8. The Morgan fingerprint density at radius 3 is 2.58 bits per heavy atom. The molecule has 2 aromatic carbocycles. The molecule has 1 unspecified atom stereocenters. The first-order chi connectivity index (χ1) is 15.0. The molecule has 1 saturated heterocycles. The van der Waals surface area contributed by atoms with Crippen LogP contribution in [0.4, 0.5) is 11.4 Å². The summed E-state index contributed by atoms with van der Waals surface area (Å²) in [5.74, 6) is 1.06. The predicted molar refractivity (Wildman–Crippen MR) is 124 cm³/mol. The van der Waals surface area contributed by atoms with Gasteiger partial charge in [0.25, 0.3) is 0 Å². The molecule has 0 saturated carbocycles. The summed E-state index contributed by atoms with van der Waals surface area (Å²) < 4.78 is 10.9. The summed E-state index contributed by atoms with van der Waals surface area (Å²) in [5.41, 5.74) is 1.31. The quantitative estimate of drug-likeness (QED) is 0.621. The van der Waals surface area contributed by atoms with Crippen LogP contribution in [0.3, 0.4) is 0 Å². The lowest BCUT2D eigenvalue weighted by Crippen LogP contribution is -2.33. The van der Waals surface area contributed by atoms with E-state index < -0.39 is 5.25 Å². The van der Waals surface area contributed by atoms with Crippen molar-refractivity contribution in [3.63, 3.8) is 0 Å². The van der Waals surface area contributed by atoms with Crippen molar-refractivity contribution in [3.05, 3.63) is 48.5 Å². The molecular formula is C23H27N3O4S. The highest BCUT2D eigenvalue weighted by Crippen LogP contribution is 2.34. The van der Waals surface area contributed by atoms with Crippen LogP contribution in [-0.4, -0.2) is 47.4 Å². The molecule has 7 nitrogen and oxygen atoms in total. The number of carbonyl (C=O) groups is 2. The van der Waals surface area contributed by atoms with Gasteiger partial charge in [-0.3, -0.25) is 14.5 Å². The van der Waals surface area contributed by atoms with Gasteiger partial charge in [0, 0.05) is 18.7 Å². The van der Waals surface area contributed by atoms with Gasteiger partial charge >= 0.3 is 0 Å². The van der Waals surface area contributed by atoms with Crippen LogP contribution in [-0.2, 0) is 9.59 Å². The van der Waals surface area contributed by atoms with E-state index in [-0.39, 0.29) is 18.2 Å². The maximum Gasteiger partial charge on any atom is 0.242 e. The molecule has 2 amide bonds. The zero-order valence-electron chi connectivity index (χ0n) is 18.0. The van der Waals surface area contributed by atoms with Crippen molar-refractivity contribution in [2.24, 2.45) is 4.99 Å². The van der Waals surface area contributed by atoms with E-state index in [2.05, 4.69) is 10.3 Å². The molecule has 1 aliphatic rings. The molecule has 0 aliphatic carbocycles. The third-order valence-corrected chi connectivity index (χ3v) is 5.79. The number of carbonyl (C=O) groups excluding carboxylic acids is 2. The molecule has 0 aromatic heterocycles. The zero-order chi connectivity index (χ0) is 22.2. The fraction of sp³-hybridized carbons (Fsp3) is 0.348. The number of thioether (sulfide) groups is 1. The van der Waals surface area contributed by atoms with E-state index in [4.69, 9.17) is 9.47 Å². The van der Waals surface area contributed by atoms with Crippen molar-refractivity contribution in [2.45, 2.75) is 31.9 Å². The van der Waals surface area contributed by atoms with E-state index in [9.17, 15) is 9.59 Å². The number of anilines is 1. The minimum absolute atomic E-state index is 0.0685. The van der Waals surface area contributed by atoms with E-state index in [0.717, 1.165) is 12.2 Å². The average Bonchev–Trinajstić information content (AvgIpc) is 3.07. The van der Waals surface area contributed by atoms with Crippen LogP contribution in [0, 0.1) is 0 Å². The van der Waals surface area contributed by atoms with Crippen molar-refractivity contribution in [1.82, 2.24) is 4.90 Å².